The van der Waals surface area contributed by atoms with Crippen molar-refractivity contribution in [2.75, 3.05) is 38.0 Å². The van der Waals surface area contributed by atoms with Crippen LogP contribution in [0.2, 0.25) is 0 Å². The molecule has 4 rings (SSSR count). The molecule has 0 unspecified atom stereocenters. The third-order valence-corrected chi connectivity index (χ3v) is 4.43. The quantitative estimate of drug-likeness (QED) is 0.658. The second-order valence-corrected chi connectivity index (χ2v) is 6.40. The highest BCUT2D eigenvalue weighted by molar-refractivity contribution is 5.92. The standard InChI is InChI=1S/C19H21N7O2/c27-19(26-12-10-20-11-13-26)15-6-7-16(24-23-15)21-9-8-17-22-18(25-28-17)14-4-2-1-3-5-14/h1-7,20H,8-13H2,(H,21,24). The molecule has 0 spiro atoms. The molecular weight excluding hydrogens is 358 g/mol. The maximum absolute atomic E-state index is 12.4. The van der Waals surface area contributed by atoms with Crippen LogP contribution in [0, 0.1) is 0 Å². The zero-order chi connectivity index (χ0) is 19.2. The first-order valence-corrected chi connectivity index (χ1v) is 9.25. The maximum atomic E-state index is 12.4. The summed E-state index contributed by atoms with van der Waals surface area (Å²) in [6.07, 6.45) is 0.559. The molecule has 1 saturated heterocycles. The Morgan fingerprint density at radius 2 is 1.93 bits per heavy atom. The molecule has 144 valence electrons. The average Bonchev–Trinajstić information content (AvgIpc) is 3.24. The number of aromatic nitrogens is 4. The molecule has 1 fully saturated rings. The van der Waals surface area contributed by atoms with Crippen molar-refractivity contribution in [1.82, 2.24) is 30.6 Å². The van der Waals surface area contributed by atoms with Crippen LogP contribution < -0.4 is 10.6 Å². The van der Waals surface area contributed by atoms with E-state index in [2.05, 4.69) is 31.0 Å². The second-order valence-electron chi connectivity index (χ2n) is 6.40. The van der Waals surface area contributed by atoms with Gasteiger partial charge in [0.25, 0.3) is 5.91 Å². The number of amides is 1. The van der Waals surface area contributed by atoms with Crippen LogP contribution in [0.1, 0.15) is 16.4 Å². The van der Waals surface area contributed by atoms with Crippen molar-refractivity contribution in [3.63, 3.8) is 0 Å². The fourth-order valence-corrected chi connectivity index (χ4v) is 2.93. The molecule has 0 bridgehead atoms. The molecule has 1 aliphatic rings. The number of nitrogens with one attached hydrogen (secondary N) is 2. The Bertz CT molecular complexity index is 906. The van der Waals surface area contributed by atoms with Gasteiger partial charge in [-0.1, -0.05) is 35.5 Å². The number of carbonyl (C=O) groups excluding carboxylic acids is 1. The van der Waals surface area contributed by atoms with Crippen molar-refractivity contribution in [3.8, 4) is 11.4 Å². The summed E-state index contributed by atoms with van der Waals surface area (Å²) in [7, 11) is 0. The van der Waals surface area contributed by atoms with Gasteiger partial charge in [0.1, 0.15) is 5.82 Å². The van der Waals surface area contributed by atoms with Gasteiger partial charge in [-0.3, -0.25) is 4.79 Å². The van der Waals surface area contributed by atoms with Gasteiger partial charge in [-0.2, -0.15) is 4.98 Å². The third-order valence-electron chi connectivity index (χ3n) is 4.43. The zero-order valence-electron chi connectivity index (χ0n) is 15.3. The molecule has 1 aliphatic heterocycles. The number of hydrogen-bond acceptors (Lipinski definition) is 8. The van der Waals surface area contributed by atoms with Gasteiger partial charge in [0, 0.05) is 44.7 Å². The lowest BCUT2D eigenvalue weighted by Crippen LogP contribution is -2.46. The number of anilines is 1. The van der Waals surface area contributed by atoms with Crippen molar-refractivity contribution in [2.45, 2.75) is 6.42 Å². The van der Waals surface area contributed by atoms with E-state index in [4.69, 9.17) is 4.52 Å². The van der Waals surface area contributed by atoms with E-state index >= 15 is 0 Å². The van der Waals surface area contributed by atoms with E-state index in [0.717, 1.165) is 18.7 Å². The number of carbonyl (C=O) groups is 1. The molecule has 3 heterocycles. The first-order valence-electron chi connectivity index (χ1n) is 9.25. The average molecular weight is 379 g/mol. The smallest absolute Gasteiger partial charge is 0.274 e. The molecule has 2 N–H and O–H groups in total. The van der Waals surface area contributed by atoms with Gasteiger partial charge in [0.15, 0.2) is 5.69 Å². The number of nitrogens with zero attached hydrogens (tertiary/aromatic N) is 5. The van der Waals surface area contributed by atoms with Crippen LogP contribution in [-0.4, -0.2) is 63.9 Å². The maximum Gasteiger partial charge on any atom is 0.274 e. The fraction of sp³-hybridized carbons (Fsp3) is 0.316. The number of piperazine rings is 1. The molecule has 1 aromatic carbocycles. The minimum atomic E-state index is -0.0835. The van der Waals surface area contributed by atoms with Crippen LogP contribution in [-0.2, 0) is 6.42 Å². The van der Waals surface area contributed by atoms with Crippen LogP contribution in [0.5, 0.6) is 0 Å². The molecule has 0 saturated carbocycles. The van der Waals surface area contributed by atoms with Crippen molar-refractivity contribution in [1.29, 1.82) is 0 Å². The minimum absolute atomic E-state index is 0.0835. The molecule has 1 amide bonds. The molecule has 2 aromatic heterocycles. The van der Waals surface area contributed by atoms with Gasteiger partial charge >= 0.3 is 0 Å². The summed E-state index contributed by atoms with van der Waals surface area (Å²) in [5.74, 6) is 1.63. The van der Waals surface area contributed by atoms with E-state index in [0.29, 0.717) is 49.3 Å². The van der Waals surface area contributed by atoms with Gasteiger partial charge in [-0.15, -0.1) is 10.2 Å². The summed E-state index contributed by atoms with van der Waals surface area (Å²) >= 11 is 0. The predicted octanol–water partition coefficient (Wildman–Crippen LogP) is 1.23. The highest BCUT2D eigenvalue weighted by atomic mass is 16.5. The highest BCUT2D eigenvalue weighted by Gasteiger charge is 2.19. The Hall–Kier alpha value is -3.33. The van der Waals surface area contributed by atoms with Gasteiger partial charge in [0.05, 0.1) is 0 Å². The van der Waals surface area contributed by atoms with Crippen LogP contribution >= 0.6 is 0 Å². The summed E-state index contributed by atoms with van der Waals surface area (Å²) in [6.45, 7) is 3.56. The van der Waals surface area contributed by atoms with Crippen LogP contribution in [0.4, 0.5) is 5.82 Å². The van der Waals surface area contributed by atoms with Gasteiger partial charge in [0.2, 0.25) is 11.7 Å². The molecule has 3 aromatic rings. The Morgan fingerprint density at radius 1 is 1.11 bits per heavy atom. The lowest BCUT2D eigenvalue weighted by molar-refractivity contribution is 0.0728. The van der Waals surface area contributed by atoms with Gasteiger partial charge in [-0.05, 0) is 12.1 Å². The molecule has 9 nitrogen and oxygen atoms in total. The Kier molecular flexibility index (Phi) is 5.53. The summed E-state index contributed by atoms with van der Waals surface area (Å²) in [5, 5.41) is 18.5. The Balaban J connectivity index is 1.28. The first-order chi connectivity index (χ1) is 13.8. The lowest BCUT2D eigenvalue weighted by Gasteiger charge is -2.26. The Morgan fingerprint density at radius 3 is 2.68 bits per heavy atom. The summed E-state index contributed by atoms with van der Waals surface area (Å²) < 4.78 is 5.28. The largest absolute Gasteiger partial charge is 0.368 e. The second kappa shape index (κ2) is 8.57. The van der Waals surface area contributed by atoms with E-state index in [-0.39, 0.29) is 5.91 Å². The monoisotopic (exact) mass is 379 g/mol. The van der Waals surface area contributed by atoms with Crippen LogP contribution in [0.15, 0.2) is 47.0 Å². The van der Waals surface area contributed by atoms with Crippen molar-refractivity contribution >= 4 is 11.7 Å². The molecule has 28 heavy (non-hydrogen) atoms. The molecule has 9 heteroatoms. The molecular formula is C19H21N7O2. The number of hydrogen-bond donors (Lipinski definition) is 2. The van der Waals surface area contributed by atoms with E-state index in [1.54, 1.807) is 17.0 Å². The summed E-state index contributed by atoms with van der Waals surface area (Å²) in [5.41, 5.74) is 1.28. The SMILES string of the molecule is O=C(c1ccc(NCCc2nc(-c3ccccc3)no2)nn1)N1CCNCC1. The van der Waals surface area contributed by atoms with Crippen molar-refractivity contribution < 1.29 is 9.32 Å². The normalized spacial score (nSPS) is 14.1. The van der Waals surface area contributed by atoms with Crippen molar-refractivity contribution in [2.24, 2.45) is 0 Å². The van der Waals surface area contributed by atoms with Crippen LogP contribution in [0.25, 0.3) is 11.4 Å². The van der Waals surface area contributed by atoms with Gasteiger partial charge in [-0.25, -0.2) is 0 Å². The predicted molar refractivity (Wildman–Crippen MR) is 103 cm³/mol. The first kappa shape index (κ1) is 18.1. The molecule has 0 radical (unpaired) electrons. The van der Waals surface area contributed by atoms with E-state index in [1.165, 1.54) is 0 Å². The Labute approximate surface area is 162 Å². The van der Waals surface area contributed by atoms with E-state index < -0.39 is 0 Å². The van der Waals surface area contributed by atoms with E-state index in [9.17, 15) is 4.79 Å². The molecule has 0 atom stereocenters. The fourth-order valence-electron chi connectivity index (χ4n) is 2.93. The number of rotatable bonds is 6. The summed E-state index contributed by atoms with van der Waals surface area (Å²) in [4.78, 5) is 18.6. The lowest BCUT2D eigenvalue weighted by atomic mass is 10.2. The van der Waals surface area contributed by atoms with E-state index in [1.807, 2.05) is 30.3 Å². The number of benzene rings is 1. The van der Waals surface area contributed by atoms with Crippen molar-refractivity contribution in [3.05, 3.63) is 54.0 Å². The third kappa shape index (κ3) is 4.32. The zero-order valence-corrected chi connectivity index (χ0v) is 15.3. The highest BCUT2D eigenvalue weighted by Crippen LogP contribution is 2.15. The minimum Gasteiger partial charge on any atom is -0.368 e. The topological polar surface area (TPSA) is 109 Å². The summed E-state index contributed by atoms with van der Waals surface area (Å²) in [6, 6.07) is 13.1. The van der Waals surface area contributed by atoms with Crippen LogP contribution in [0.3, 0.4) is 0 Å². The van der Waals surface area contributed by atoms with Gasteiger partial charge < -0.3 is 20.1 Å². The molecule has 0 aliphatic carbocycles.